The van der Waals surface area contributed by atoms with E-state index in [0.29, 0.717) is 11.5 Å². The summed E-state index contributed by atoms with van der Waals surface area (Å²) in [5.74, 6) is 0. The maximum absolute atomic E-state index is 3.81. The van der Waals surface area contributed by atoms with Crippen LogP contribution in [0.3, 0.4) is 0 Å². The van der Waals surface area contributed by atoms with Crippen LogP contribution in [-0.2, 0) is 6.42 Å². The molecule has 0 amide bonds. The van der Waals surface area contributed by atoms with Crippen molar-refractivity contribution in [3.05, 3.63) is 35.4 Å². The largest absolute Gasteiger partial charge is 0.309 e. The maximum atomic E-state index is 3.81. The van der Waals surface area contributed by atoms with Gasteiger partial charge in [0.05, 0.1) is 0 Å². The molecule has 2 rings (SSSR count). The van der Waals surface area contributed by atoms with Gasteiger partial charge in [-0.2, -0.15) is 0 Å². The first-order valence-corrected chi connectivity index (χ1v) is 7.43. The average molecular weight is 245 g/mol. The molecule has 1 aromatic rings. The minimum Gasteiger partial charge on any atom is -0.309 e. The van der Waals surface area contributed by atoms with E-state index in [9.17, 15) is 0 Å². The van der Waals surface area contributed by atoms with E-state index >= 15 is 0 Å². The lowest BCUT2D eigenvalue weighted by Gasteiger charge is -2.27. The van der Waals surface area contributed by atoms with Crippen molar-refractivity contribution < 1.29 is 0 Å². The summed E-state index contributed by atoms with van der Waals surface area (Å²) in [6.07, 6.45) is 6.46. The zero-order valence-electron chi connectivity index (χ0n) is 12.1. The Hall–Kier alpha value is -0.820. The predicted octanol–water partition coefficient (Wildman–Crippen LogP) is 4.48. The Morgan fingerprint density at radius 3 is 2.78 bits per heavy atom. The smallest absolute Gasteiger partial charge is 0.0323 e. The second kappa shape index (κ2) is 5.88. The SMILES string of the molecule is CCC(C)(C)CNC1CCCCc2ccccc21. The van der Waals surface area contributed by atoms with Crippen LogP contribution in [0.2, 0.25) is 0 Å². The molecule has 100 valence electrons. The molecule has 0 spiro atoms. The molecule has 0 aromatic heterocycles. The molecule has 1 heteroatoms. The molecule has 0 saturated carbocycles. The monoisotopic (exact) mass is 245 g/mol. The van der Waals surface area contributed by atoms with Crippen LogP contribution in [-0.4, -0.2) is 6.54 Å². The summed E-state index contributed by atoms with van der Waals surface area (Å²) in [5.41, 5.74) is 3.50. The molecule has 1 aliphatic rings. The number of aryl methyl sites for hydroxylation is 1. The summed E-state index contributed by atoms with van der Waals surface area (Å²) in [6.45, 7) is 8.09. The van der Waals surface area contributed by atoms with Gasteiger partial charge >= 0.3 is 0 Å². The zero-order valence-corrected chi connectivity index (χ0v) is 12.1. The van der Waals surface area contributed by atoms with Gasteiger partial charge in [-0.15, -0.1) is 0 Å². The number of hydrogen-bond donors (Lipinski definition) is 1. The normalized spacial score (nSPS) is 20.3. The van der Waals surface area contributed by atoms with E-state index < -0.39 is 0 Å². The quantitative estimate of drug-likeness (QED) is 0.771. The molecular formula is C17H27N. The van der Waals surface area contributed by atoms with Gasteiger partial charge in [-0.1, -0.05) is 51.5 Å². The van der Waals surface area contributed by atoms with Gasteiger partial charge < -0.3 is 5.32 Å². The van der Waals surface area contributed by atoms with Crippen LogP contribution in [0.15, 0.2) is 24.3 Å². The Morgan fingerprint density at radius 1 is 1.22 bits per heavy atom. The molecule has 18 heavy (non-hydrogen) atoms. The summed E-state index contributed by atoms with van der Waals surface area (Å²) >= 11 is 0. The van der Waals surface area contributed by atoms with Crippen molar-refractivity contribution in [3.8, 4) is 0 Å². The molecule has 1 atom stereocenters. The van der Waals surface area contributed by atoms with Crippen molar-refractivity contribution in [3.63, 3.8) is 0 Å². The molecule has 0 fully saturated rings. The van der Waals surface area contributed by atoms with E-state index in [1.807, 2.05) is 0 Å². The molecule has 0 aliphatic heterocycles. The van der Waals surface area contributed by atoms with Crippen LogP contribution in [0.4, 0.5) is 0 Å². The van der Waals surface area contributed by atoms with Gasteiger partial charge in [-0.25, -0.2) is 0 Å². The topological polar surface area (TPSA) is 12.0 Å². The summed E-state index contributed by atoms with van der Waals surface area (Å²) in [5, 5.41) is 3.81. The standard InChI is InChI=1S/C17H27N/c1-4-17(2,3)13-18-16-12-8-6-10-14-9-5-7-11-15(14)16/h5,7,9,11,16,18H,4,6,8,10,12-13H2,1-3H3. The molecular weight excluding hydrogens is 218 g/mol. The van der Waals surface area contributed by atoms with E-state index in [0.717, 1.165) is 6.54 Å². The third kappa shape index (κ3) is 3.35. The van der Waals surface area contributed by atoms with E-state index in [4.69, 9.17) is 0 Å². The van der Waals surface area contributed by atoms with Crippen molar-refractivity contribution in [2.45, 2.75) is 58.9 Å². The highest BCUT2D eigenvalue weighted by atomic mass is 14.9. The predicted molar refractivity (Wildman–Crippen MR) is 78.8 cm³/mol. The van der Waals surface area contributed by atoms with E-state index in [1.165, 1.54) is 32.1 Å². The average Bonchev–Trinajstić information content (AvgIpc) is 2.59. The highest BCUT2D eigenvalue weighted by Gasteiger charge is 2.21. The van der Waals surface area contributed by atoms with Gasteiger partial charge in [0, 0.05) is 12.6 Å². The van der Waals surface area contributed by atoms with Crippen LogP contribution < -0.4 is 5.32 Å². The number of rotatable bonds is 4. The summed E-state index contributed by atoms with van der Waals surface area (Å²) in [4.78, 5) is 0. The molecule has 1 unspecified atom stereocenters. The molecule has 1 aliphatic carbocycles. The number of hydrogen-bond acceptors (Lipinski definition) is 1. The summed E-state index contributed by atoms with van der Waals surface area (Å²) in [7, 11) is 0. The Morgan fingerprint density at radius 2 is 2.00 bits per heavy atom. The molecule has 1 aromatic carbocycles. The minimum absolute atomic E-state index is 0.404. The number of nitrogens with one attached hydrogen (secondary N) is 1. The van der Waals surface area contributed by atoms with E-state index in [1.54, 1.807) is 11.1 Å². The highest BCUT2D eigenvalue weighted by Crippen LogP contribution is 2.29. The van der Waals surface area contributed by atoms with Gasteiger partial charge in [0.25, 0.3) is 0 Å². The molecule has 0 radical (unpaired) electrons. The van der Waals surface area contributed by atoms with E-state index in [2.05, 4.69) is 50.4 Å². The second-order valence-corrected chi connectivity index (χ2v) is 6.40. The molecule has 1 nitrogen and oxygen atoms in total. The fraction of sp³-hybridized carbons (Fsp3) is 0.647. The maximum Gasteiger partial charge on any atom is 0.0323 e. The lowest BCUT2D eigenvalue weighted by atomic mass is 9.89. The summed E-state index contributed by atoms with van der Waals surface area (Å²) in [6, 6.07) is 9.55. The van der Waals surface area contributed by atoms with Crippen molar-refractivity contribution in [2.24, 2.45) is 5.41 Å². The van der Waals surface area contributed by atoms with Crippen LogP contribution in [0.5, 0.6) is 0 Å². The minimum atomic E-state index is 0.404. The molecule has 0 bridgehead atoms. The van der Waals surface area contributed by atoms with Gasteiger partial charge in [0.1, 0.15) is 0 Å². The molecule has 1 N–H and O–H groups in total. The Bertz CT molecular complexity index is 381. The Kier molecular flexibility index (Phi) is 4.45. The van der Waals surface area contributed by atoms with Crippen LogP contribution >= 0.6 is 0 Å². The van der Waals surface area contributed by atoms with Crippen molar-refractivity contribution in [2.75, 3.05) is 6.54 Å². The first kappa shape index (κ1) is 13.6. The van der Waals surface area contributed by atoms with Crippen molar-refractivity contribution in [1.29, 1.82) is 0 Å². The Balaban J connectivity index is 2.08. The highest BCUT2D eigenvalue weighted by molar-refractivity contribution is 5.31. The van der Waals surface area contributed by atoms with Gasteiger partial charge in [0.15, 0.2) is 0 Å². The van der Waals surface area contributed by atoms with Crippen LogP contribution in [0, 0.1) is 5.41 Å². The van der Waals surface area contributed by atoms with Crippen LogP contribution in [0.25, 0.3) is 0 Å². The number of fused-ring (bicyclic) bond motifs is 1. The molecule has 0 heterocycles. The van der Waals surface area contributed by atoms with Gasteiger partial charge in [0.2, 0.25) is 0 Å². The summed E-state index contributed by atoms with van der Waals surface area (Å²) < 4.78 is 0. The first-order valence-electron chi connectivity index (χ1n) is 7.43. The third-order valence-corrected chi connectivity index (χ3v) is 4.40. The van der Waals surface area contributed by atoms with Crippen molar-refractivity contribution >= 4 is 0 Å². The van der Waals surface area contributed by atoms with Gasteiger partial charge in [-0.05, 0) is 42.2 Å². The fourth-order valence-electron chi connectivity index (χ4n) is 2.66. The van der Waals surface area contributed by atoms with Crippen molar-refractivity contribution in [1.82, 2.24) is 5.32 Å². The van der Waals surface area contributed by atoms with E-state index in [-0.39, 0.29) is 0 Å². The first-order chi connectivity index (χ1) is 8.62. The lowest BCUT2D eigenvalue weighted by Crippen LogP contribution is -2.32. The second-order valence-electron chi connectivity index (χ2n) is 6.40. The van der Waals surface area contributed by atoms with Gasteiger partial charge in [-0.3, -0.25) is 0 Å². The fourth-order valence-corrected chi connectivity index (χ4v) is 2.66. The molecule has 0 saturated heterocycles. The van der Waals surface area contributed by atoms with Crippen LogP contribution in [0.1, 0.15) is 63.6 Å². The Labute approximate surface area is 112 Å². The third-order valence-electron chi connectivity index (χ3n) is 4.40. The lowest BCUT2D eigenvalue weighted by molar-refractivity contribution is 0.304. The number of benzene rings is 1. The zero-order chi connectivity index (χ0) is 13.0.